The maximum atomic E-state index is 4.41. The molecule has 1 N–H and O–H groups in total. The van der Waals surface area contributed by atoms with Gasteiger partial charge < -0.3 is 5.32 Å². The van der Waals surface area contributed by atoms with Gasteiger partial charge in [-0.15, -0.1) is 0 Å². The third-order valence-electron chi connectivity index (χ3n) is 2.79. The van der Waals surface area contributed by atoms with Gasteiger partial charge in [0.05, 0.1) is 5.69 Å². The summed E-state index contributed by atoms with van der Waals surface area (Å²) in [6.45, 7) is 4.53. The molecule has 0 aliphatic rings. The summed E-state index contributed by atoms with van der Waals surface area (Å²) in [6, 6.07) is 2.62. The van der Waals surface area contributed by atoms with E-state index in [1.807, 2.05) is 36.7 Å². The van der Waals surface area contributed by atoms with E-state index in [1.165, 1.54) is 12.1 Å². The summed E-state index contributed by atoms with van der Waals surface area (Å²) < 4.78 is 1.86. The molecule has 0 spiro atoms. The number of nitrogens with one attached hydrogen (secondary N) is 1. The van der Waals surface area contributed by atoms with E-state index in [0.29, 0.717) is 6.04 Å². The van der Waals surface area contributed by atoms with Gasteiger partial charge in [0.2, 0.25) is 0 Å². The maximum Gasteiger partial charge on any atom is 0.0640 e. The molecular formula is C12H23N3S. The Bertz CT molecular complexity index is 298. The highest BCUT2D eigenvalue weighted by atomic mass is 32.2. The van der Waals surface area contributed by atoms with E-state index in [2.05, 4.69) is 30.3 Å². The average molecular weight is 241 g/mol. The van der Waals surface area contributed by atoms with Gasteiger partial charge in [0.25, 0.3) is 0 Å². The van der Waals surface area contributed by atoms with Crippen LogP contribution in [0.1, 0.15) is 26.0 Å². The largest absolute Gasteiger partial charge is 0.316 e. The number of thioether (sulfide) groups is 1. The van der Waals surface area contributed by atoms with Crippen LogP contribution in [0.25, 0.3) is 0 Å². The Morgan fingerprint density at radius 2 is 2.31 bits per heavy atom. The Balaban J connectivity index is 2.37. The molecular weight excluding hydrogens is 218 g/mol. The van der Waals surface area contributed by atoms with E-state index in [0.717, 1.165) is 17.4 Å². The van der Waals surface area contributed by atoms with E-state index in [4.69, 9.17) is 0 Å². The van der Waals surface area contributed by atoms with Crippen molar-refractivity contribution in [2.45, 2.75) is 38.0 Å². The molecule has 0 radical (unpaired) electrons. The summed E-state index contributed by atoms with van der Waals surface area (Å²) in [5.41, 5.74) is 1.17. The minimum atomic E-state index is 0.522. The summed E-state index contributed by atoms with van der Waals surface area (Å²) >= 11 is 2.04. The molecule has 0 aliphatic carbocycles. The van der Waals surface area contributed by atoms with E-state index in [-0.39, 0.29) is 0 Å². The molecule has 1 aromatic heterocycles. The zero-order valence-electron chi connectivity index (χ0n) is 10.7. The number of likely N-dealkylation sites (N-methyl/N-ethyl adjacent to an activating group) is 1. The molecule has 4 heteroatoms. The van der Waals surface area contributed by atoms with E-state index >= 15 is 0 Å². The van der Waals surface area contributed by atoms with Crippen LogP contribution >= 0.6 is 11.8 Å². The van der Waals surface area contributed by atoms with E-state index < -0.39 is 0 Å². The Labute approximate surface area is 103 Å². The van der Waals surface area contributed by atoms with Crippen LogP contribution in [0.4, 0.5) is 0 Å². The summed E-state index contributed by atoms with van der Waals surface area (Å²) in [7, 11) is 4.00. The van der Waals surface area contributed by atoms with Crippen molar-refractivity contribution in [3.8, 4) is 0 Å². The Morgan fingerprint density at radius 1 is 1.56 bits per heavy atom. The molecule has 0 fully saturated rings. The third kappa shape index (κ3) is 4.58. The van der Waals surface area contributed by atoms with Gasteiger partial charge in [0, 0.05) is 36.7 Å². The average Bonchev–Trinajstić information content (AvgIpc) is 2.69. The standard InChI is InChI=1S/C12H23N3S/c1-5-10(2)16-9-12(13-3)8-11-6-7-15(4)14-11/h6-7,10,12-13H,5,8-9H2,1-4H3. The van der Waals surface area contributed by atoms with Gasteiger partial charge in [-0.2, -0.15) is 16.9 Å². The first-order chi connectivity index (χ1) is 7.65. The van der Waals surface area contributed by atoms with Gasteiger partial charge in [-0.05, 0) is 19.5 Å². The molecule has 2 atom stereocenters. The van der Waals surface area contributed by atoms with E-state index in [1.54, 1.807) is 0 Å². The zero-order chi connectivity index (χ0) is 12.0. The van der Waals surface area contributed by atoms with Crippen molar-refractivity contribution in [2.24, 2.45) is 7.05 Å². The van der Waals surface area contributed by atoms with Crippen LogP contribution in [0.15, 0.2) is 12.3 Å². The molecule has 1 rings (SSSR count). The zero-order valence-corrected chi connectivity index (χ0v) is 11.5. The first-order valence-electron chi connectivity index (χ1n) is 5.93. The lowest BCUT2D eigenvalue weighted by molar-refractivity contribution is 0.599. The number of aryl methyl sites for hydroxylation is 1. The number of rotatable bonds is 7. The van der Waals surface area contributed by atoms with Crippen molar-refractivity contribution >= 4 is 11.8 Å². The van der Waals surface area contributed by atoms with Gasteiger partial charge in [-0.25, -0.2) is 0 Å². The molecule has 0 amide bonds. The summed E-state index contributed by atoms with van der Waals surface area (Å²) in [4.78, 5) is 0. The Hall–Kier alpha value is -0.480. The second-order valence-corrected chi connectivity index (χ2v) is 5.69. The number of nitrogens with zero attached hydrogens (tertiary/aromatic N) is 2. The summed E-state index contributed by atoms with van der Waals surface area (Å²) in [5, 5.41) is 8.53. The lowest BCUT2D eigenvalue weighted by Crippen LogP contribution is -2.30. The predicted molar refractivity (Wildman–Crippen MR) is 72.0 cm³/mol. The van der Waals surface area contributed by atoms with Crippen molar-refractivity contribution in [3.63, 3.8) is 0 Å². The fourth-order valence-corrected chi connectivity index (χ4v) is 2.55. The highest BCUT2D eigenvalue weighted by Crippen LogP contribution is 2.15. The molecule has 1 aromatic rings. The molecule has 3 nitrogen and oxygen atoms in total. The van der Waals surface area contributed by atoms with Crippen LogP contribution in [0, 0.1) is 0 Å². The van der Waals surface area contributed by atoms with Crippen LogP contribution in [0.2, 0.25) is 0 Å². The molecule has 0 saturated heterocycles. The van der Waals surface area contributed by atoms with Crippen LogP contribution in [0.3, 0.4) is 0 Å². The van der Waals surface area contributed by atoms with Crippen molar-refractivity contribution in [2.75, 3.05) is 12.8 Å². The normalized spacial score (nSPS) is 15.0. The van der Waals surface area contributed by atoms with Crippen LogP contribution in [-0.4, -0.2) is 33.9 Å². The summed E-state index contributed by atoms with van der Waals surface area (Å²) in [6.07, 6.45) is 4.26. The topological polar surface area (TPSA) is 29.9 Å². The summed E-state index contributed by atoms with van der Waals surface area (Å²) in [5.74, 6) is 1.15. The van der Waals surface area contributed by atoms with Crippen molar-refractivity contribution in [1.29, 1.82) is 0 Å². The second kappa shape index (κ2) is 6.97. The highest BCUT2D eigenvalue weighted by Gasteiger charge is 2.10. The molecule has 2 unspecified atom stereocenters. The SMILES string of the molecule is CCC(C)SCC(Cc1ccn(C)n1)NC. The molecule has 0 aliphatic heterocycles. The molecule has 0 saturated carbocycles. The van der Waals surface area contributed by atoms with Crippen LogP contribution in [-0.2, 0) is 13.5 Å². The fourth-order valence-electron chi connectivity index (χ4n) is 1.47. The highest BCUT2D eigenvalue weighted by molar-refractivity contribution is 7.99. The van der Waals surface area contributed by atoms with Crippen molar-refractivity contribution in [3.05, 3.63) is 18.0 Å². The Morgan fingerprint density at radius 3 is 2.81 bits per heavy atom. The molecule has 0 aromatic carbocycles. The van der Waals surface area contributed by atoms with E-state index in [9.17, 15) is 0 Å². The monoisotopic (exact) mass is 241 g/mol. The van der Waals surface area contributed by atoms with Crippen molar-refractivity contribution in [1.82, 2.24) is 15.1 Å². The van der Waals surface area contributed by atoms with Gasteiger partial charge in [-0.1, -0.05) is 13.8 Å². The first-order valence-corrected chi connectivity index (χ1v) is 6.98. The lowest BCUT2D eigenvalue weighted by atomic mass is 10.2. The minimum absolute atomic E-state index is 0.522. The van der Waals surface area contributed by atoms with Gasteiger partial charge in [0.1, 0.15) is 0 Å². The lowest BCUT2D eigenvalue weighted by Gasteiger charge is -2.16. The molecule has 16 heavy (non-hydrogen) atoms. The first kappa shape index (κ1) is 13.6. The quantitative estimate of drug-likeness (QED) is 0.792. The number of aromatic nitrogens is 2. The minimum Gasteiger partial charge on any atom is -0.316 e. The van der Waals surface area contributed by atoms with Gasteiger partial charge in [0.15, 0.2) is 0 Å². The smallest absolute Gasteiger partial charge is 0.0640 e. The predicted octanol–water partition coefficient (Wildman–Crippen LogP) is 2.08. The third-order valence-corrected chi connectivity index (χ3v) is 4.29. The fraction of sp³-hybridized carbons (Fsp3) is 0.750. The number of hydrogen-bond donors (Lipinski definition) is 1. The van der Waals surface area contributed by atoms with Gasteiger partial charge >= 0.3 is 0 Å². The van der Waals surface area contributed by atoms with Gasteiger partial charge in [-0.3, -0.25) is 4.68 Å². The second-order valence-electron chi connectivity index (χ2n) is 4.22. The molecule has 0 bridgehead atoms. The molecule has 1 heterocycles. The molecule has 92 valence electrons. The van der Waals surface area contributed by atoms with Crippen LogP contribution in [0.5, 0.6) is 0 Å². The number of hydrogen-bond acceptors (Lipinski definition) is 3. The maximum absolute atomic E-state index is 4.41. The van der Waals surface area contributed by atoms with Crippen molar-refractivity contribution < 1.29 is 0 Å². The van der Waals surface area contributed by atoms with Crippen LogP contribution < -0.4 is 5.32 Å². The Kier molecular flexibility index (Phi) is 5.91.